The Kier molecular flexibility index (Phi) is 8.85. The molecule has 0 spiro atoms. The Hall–Kier alpha value is -3.68. The molecule has 1 atom stereocenters. The fraction of sp³-hybridized carbons (Fsp3) is 0.429. The van der Waals surface area contributed by atoms with E-state index in [2.05, 4.69) is 5.32 Å². The lowest BCUT2D eigenvalue weighted by atomic mass is 9.78. The molecule has 2 aromatic carbocycles. The van der Waals surface area contributed by atoms with Crippen LogP contribution in [0.25, 0.3) is 0 Å². The number of nitrogen functional groups attached to an aromatic ring is 1. The number of hydrogen-bond donors (Lipinski definition) is 3. The summed E-state index contributed by atoms with van der Waals surface area (Å²) in [6, 6.07) is 15.4. The zero-order valence-corrected chi connectivity index (χ0v) is 21.3. The SMILES string of the molecule is CCOC(=O)CC1CCN(C(=O)C(C)(C)C(NC(=O)c2ccc(C(=N)N)cc2)c2ccccc2)CC1. The van der Waals surface area contributed by atoms with Crippen molar-refractivity contribution in [3.8, 4) is 0 Å². The number of esters is 1. The van der Waals surface area contributed by atoms with Crippen LogP contribution in [-0.2, 0) is 14.3 Å². The van der Waals surface area contributed by atoms with E-state index in [0.29, 0.717) is 37.2 Å². The van der Waals surface area contributed by atoms with Crippen molar-refractivity contribution < 1.29 is 19.1 Å². The van der Waals surface area contributed by atoms with Gasteiger partial charge < -0.3 is 20.7 Å². The highest BCUT2D eigenvalue weighted by molar-refractivity contribution is 5.98. The summed E-state index contributed by atoms with van der Waals surface area (Å²) in [5, 5.41) is 10.6. The van der Waals surface area contributed by atoms with Gasteiger partial charge in [0.1, 0.15) is 5.84 Å². The summed E-state index contributed by atoms with van der Waals surface area (Å²) in [6.07, 6.45) is 1.86. The molecule has 36 heavy (non-hydrogen) atoms. The van der Waals surface area contributed by atoms with Gasteiger partial charge in [-0.05, 0) is 57.2 Å². The third-order valence-corrected chi connectivity index (χ3v) is 6.80. The minimum atomic E-state index is -0.926. The molecule has 0 radical (unpaired) electrons. The Bertz CT molecular complexity index is 1070. The van der Waals surface area contributed by atoms with Crippen LogP contribution < -0.4 is 11.1 Å². The Morgan fingerprint density at radius 1 is 1.06 bits per heavy atom. The largest absolute Gasteiger partial charge is 0.466 e. The van der Waals surface area contributed by atoms with Gasteiger partial charge in [-0.25, -0.2) is 0 Å². The quantitative estimate of drug-likeness (QED) is 0.280. The van der Waals surface area contributed by atoms with E-state index in [0.717, 1.165) is 18.4 Å². The molecule has 1 unspecified atom stereocenters. The second-order valence-electron chi connectivity index (χ2n) is 9.77. The van der Waals surface area contributed by atoms with E-state index in [9.17, 15) is 14.4 Å². The van der Waals surface area contributed by atoms with Crippen LogP contribution >= 0.6 is 0 Å². The van der Waals surface area contributed by atoms with Gasteiger partial charge in [-0.15, -0.1) is 0 Å². The van der Waals surface area contributed by atoms with Crippen LogP contribution in [0.5, 0.6) is 0 Å². The van der Waals surface area contributed by atoms with Gasteiger partial charge in [-0.2, -0.15) is 0 Å². The van der Waals surface area contributed by atoms with Gasteiger partial charge in [-0.1, -0.05) is 42.5 Å². The highest BCUT2D eigenvalue weighted by Crippen LogP contribution is 2.37. The van der Waals surface area contributed by atoms with E-state index in [1.807, 2.05) is 49.1 Å². The van der Waals surface area contributed by atoms with Gasteiger partial charge in [0.2, 0.25) is 5.91 Å². The maximum atomic E-state index is 13.7. The van der Waals surface area contributed by atoms with Crippen LogP contribution in [0, 0.1) is 16.7 Å². The average molecular weight is 493 g/mol. The second kappa shape index (κ2) is 11.8. The molecule has 1 heterocycles. The molecule has 1 aliphatic heterocycles. The van der Waals surface area contributed by atoms with Gasteiger partial charge in [0.15, 0.2) is 0 Å². The zero-order valence-electron chi connectivity index (χ0n) is 21.3. The third-order valence-electron chi connectivity index (χ3n) is 6.80. The molecule has 3 rings (SSSR count). The molecule has 0 aliphatic carbocycles. The Balaban J connectivity index is 1.76. The highest BCUT2D eigenvalue weighted by Gasteiger charge is 2.42. The van der Waals surface area contributed by atoms with Crippen LogP contribution in [0.4, 0.5) is 0 Å². The summed E-state index contributed by atoms with van der Waals surface area (Å²) in [6.45, 7) is 7.01. The maximum absolute atomic E-state index is 13.7. The number of ether oxygens (including phenoxy) is 1. The first-order valence-corrected chi connectivity index (χ1v) is 12.4. The number of hydrogen-bond acceptors (Lipinski definition) is 5. The molecule has 1 aliphatic rings. The van der Waals surface area contributed by atoms with Crippen molar-refractivity contribution in [2.75, 3.05) is 19.7 Å². The monoisotopic (exact) mass is 492 g/mol. The molecule has 0 bridgehead atoms. The number of nitrogens with two attached hydrogens (primary N) is 1. The lowest BCUT2D eigenvalue weighted by Crippen LogP contribution is -2.51. The van der Waals surface area contributed by atoms with Crippen molar-refractivity contribution in [1.82, 2.24) is 10.2 Å². The lowest BCUT2D eigenvalue weighted by molar-refractivity contribution is -0.145. The van der Waals surface area contributed by atoms with E-state index in [-0.39, 0.29) is 29.5 Å². The highest BCUT2D eigenvalue weighted by atomic mass is 16.5. The minimum absolute atomic E-state index is 0.0434. The van der Waals surface area contributed by atoms with Crippen molar-refractivity contribution in [3.63, 3.8) is 0 Å². The number of carbonyl (C=O) groups excluding carboxylic acids is 3. The standard InChI is InChI=1S/C28H36N4O4/c1-4-36-23(33)18-19-14-16-32(17-15-19)27(35)28(2,3)24(20-8-6-5-7-9-20)31-26(34)22-12-10-21(11-13-22)25(29)30/h5-13,19,24H,4,14-18H2,1-3H3,(H3,29,30)(H,31,34). The van der Waals surface area contributed by atoms with Gasteiger partial charge in [-0.3, -0.25) is 19.8 Å². The molecule has 192 valence electrons. The first-order valence-electron chi connectivity index (χ1n) is 12.4. The van der Waals surface area contributed by atoms with Crippen LogP contribution in [0.2, 0.25) is 0 Å². The van der Waals surface area contributed by atoms with Crippen LogP contribution in [0.15, 0.2) is 54.6 Å². The average Bonchev–Trinajstić information content (AvgIpc) is 2.87. The number of nitrogens with one attached hydrogen (secondary N) is 2. The predicted molar refractivity (Wildman–Crippen MR) is 138 cm³/mol. The van der Waals surface area contributed by atoms with Crippen molar-refractivity contribution in [2.45, 2.75) is 46.1 Å². The van der Waals surface area contributed by atoms with E-state index < -0.39 is 11.5 Å². The summed E-state index contributed by atoms with van der Waals surface area (Å²) >= 11 is 0. The minimum Gasteiger partial charge on any atom is -0.466 e. The van der Waals surface area contributed by atoms with Crippen LogP contribution in [0.1, 0.15) is 67.6 Å². The fourth-order valence-electron chi connectivity index (χ4n) is 4.67. The third kappa shape index (κ3) is 6.50. The molecular weight excluding hydrogens is 456 g/mol. The predicted octanol–water partition coefficient (Wildman–Crippen LogP) is 3.66. The van der Waals surface area contributed by atoms with Crippen molar-refractivity contribution in [1.29, 1.82) is 5.41 Å². The molecule has 2 aromatic rings. The van der Waals surface area contributed by atoms with E-state index in [1.54, 1.807) is 31.2 Å². The van der Waals surface area contributed by atoms with E-state index in [4.69, 9.17) is 15.9 Å². The Morgan fingerprint density at radius 2 is 1.64 bits per heavy atom. The van der Waals surface area contributed by atoms with E-state index >= 15 is 0 Å². The van der Waals surface area contributed by atoms with Gasteiger partial charge in [0.05, 0.1) is 18.1 Å². The molecule has 1 fully saturated rings. The molecule has 1 saturated heterocycles. The molecule has 0 saturated carbocycles. The summed E-state index contributed by atoms with van der Waals surface area (Å²) in [4.78, 5) is 40.6. The Morgan fingerprint density at radius 3 is 2.19 bits per heavy atom. The number of likely N-dealkylation sites (tertiary alicyclic amines) is 1. The Labute approximate surface area is 212 Å². The summed E-state index contributed by atoms with van der Waals surface area (Å²) in [7, 11) is 0. The van der Waals surface area contributed by atoms with Gasteiger partial charge in [0.25, 0.3) is 5.91 Å². The van der Waals surface area contributed by atoms with Gasteiger partial charge >= 0.3 is 5.97 Å². The topological polar surface area (TPSA) is 126 Å². The van der Waals surface area contributed by atoms with Crippen molar-refractivity contribution in [2.24, 2.45) is 17.1 Å². The zero-order chi connectivity index (χ0) is 26.3. The molecule has 8 heteroatoms. The number of amides is 2. The number of rotatable bonds is 9. The molecular formula is C28H36N4O4. The smallest absolute Gasteiger partial charge is 0.306 e. The number of amidine groups is 1. The molecule has 0 aromatic heterocycles. The number of benzene rings is 2. The van der Waals surface area contributed by atoms with Crippen LogP contribution in [0.3, 0.4) is 0 Å². The number of nitrogens with zero attached hydrogens (tertiary/aromatic N) is 1. The number of carbonyl (C=O) groups is 3. The summed E-state index contributed by atoms with van der Waals surface area (Å²) in [5.41, 5.74) is 6.39. The van der Waals surface area contributed by atoms with E-state index in [1.165, 1.54) is 0 Å². The summed E-state index contributed by atoms with van der Waals surface area (Å²) < 4.78 is 5.07. The van der Waals surface area contributed by atoms with Crippen molar-refractivity contribution >= 4 is 23.6 Å². The fourth-order valence-corrected chi connectivity index (χ4v) is 4.67. The maximum Gasteiger partial charge on any atom is 0.306 e. The normalized spacial score (nSPS) is 15.1. The van der Waals surface area contributed by atoms with Crippen molar-refractivity contribution in [3.05, 3.63) is 71.3 Å². The number of piperidine rings is 1. The molecule has 4 N–H and O–H groups in total. The van der Waals surface area contributed by atoms with Crippen LogP contribution in [-0.4, -0.2) is 48.2 Å². The molecule has 2 amide bonds. The first-order chi connectivity index (χ1) is 17.1. The first kappa shape index (κ1) is 26.9. The molecule has 8 nitrogen and oxygen atoms in total. The summed E-state index contributed by atoms with van der Waals surface area (Å²) in [5.74, 6) is -0.405. The lowest BCUT2D eigenvalue weighted by Gasteiger charge is -2.40. The van der Waals surface area contributed by atoms with Gasteiger partial charge in [0, 0.05) is 30.6 Å². The second-order valence-corrected chi connectivity index (χ2v) is 9.77.